The van der Waals surface area contributed by atoms with Crippen LogP contribution in [0, 0.1) is 5.92 Å². The molecule has 0 aromatic heterocycles. The van der Waals surface area contributed by atoms with Crippen molar-refractivity contribution < 1.29 is 14.3 Å². The number of esters is 1. The van der Waals surface area contributed by atoms with Crippen molar-refractivity contribution in [3.63, 3.8) is 0 Å². The van der Waals surface area contributed by atoms with Crippen LogP contribution < -0.4 is 5.32 Å². The Bertz CT molecular complexity index is 298. The van der Waals surface area contributed by atoms with E-state index in [0.717, 1.165) is 12.8 Å². The summed E-state index contributed by atoms with van der Waals surface area (Å²) in [5, 5.41) is 2.71. The number of ether oxygens (including phenoxy) is 1. The van der Waals surface area contributed by atoms with E-state index in [1.807, 2.05) is 0 Å². The summed E-state index contributed by atoms with van der Waals surface area (Å²) in [6.07, 6.45) is 7.37. The fourth-order valence-electron chi connectivity index (χ4n) is 1.98. The molecule has 4 heteroatoms. The van der Waals surface area contributed by atoms with E-state index >= 15 is 0 Å². The van der Waals surface area contributed by atoms with Crippen LogP contribution in [-0.4, -0.2) is 24.5 Å². The van der Waals surface area contributed by atoms with E-state index in [0.29, 0.717) is 25.4 Å². The predicted octanol–water partition coefficient (Wildman–Crippen LogP) is 0.774. The number of cyclic esters (lactones) is 1. The lowest BCUT2D eigenvalue weighted by atomic mass is 10.0. The number of amides is 1. The smallest absolute Gasteiger partial charge is 0.328 e. The topological polar surface area (TPSA) is 55.4 Å². The number of hydrogen-bond acceptors (Lipinski definition) is 3. The highest BCUT2D eigenvalue weighted by atomic mass is 16.5. The molecule has 82 valence electrons. The van der Waals surface area contributed by atoms with Gasteiger partial charge < -0.3 is 10.1 Å². The Morgan fingerprint density at radius 1 is 1.53 bits per heavy atom. The highest BCUT2D eigenvalue weighted by molar-refractivity contribution is 5.85. The lowest BCUT2D eigenvalue weighted by molar-refractivity contribution is -0.141. The highest BCUT2D eigenvalue weighted by Crippen LogP contribution is 2.20. The van der Waals surface area contributed by atoms with E-state index < -0.39 is 6.04 Å². The number of hydrogen-bond donors (Lipinski definition) is 1. The van der Waals surface area contributed by atoms with Gasteiger partial charge in [-0.3, -0.25) is 4.79 Å². The molecule has 1 fully saturated rings. The van der Waals surface area contributed by atoms with Crippen LogP contribution in [0.2, 0.25) is 0 Å². The Hall–Kier alpha value is -1.32. The van der Waals surface area contributed by atoms with Gasteiger partial charge in [-0.05, 0) is 18.8 Å². The van der Waals surface area contributed by atoms with E-state index in [1.54, 1.807) is 0 Å². The number of allylic oxidation sites excluding steroid dienone is 2. The van der Waals surface area contributed by atoms with E-state index in [9.17, 15) is 9.59 Å². The molecule has 0 spiro atoms. The predicted molar refractivity (Wildman–Crippen MR) is 54.0 cm³/mol. The lowest BCUT2D eigenvalue weighted by Gasteiger charge is -2.11. The van der Waals surface area contributed by atoms with Gasteiger partial charge in [0, 0.05) is 12.8 Å². The van der Waals surface area contributed by atoms with Gasteiger partial charge in [-0.25, -0.2) is 4.79 Å². The molecule has 1 heterocycles. The molecule has 1 saturated heterocycles. The third-order valence-electron chi connectivity index (χ3n) is 2.83. The molecule has 1 aliphatic carbocycles. The van der Waals surface area contributed by atoms with Gasteiger partial charge in [0.25, 0.3) is 0 Å². The van der Waals surface area contributed by atoms with Gasteiger partial charge in [-0.1, -0.05) is 12.2 Å². The zero-order valence-electron chi connectivity index (χ0n) is 8.57. The largest absolute Gasteiger partial charge is 0.464 e. The van der Waals surface area contributed by atoms with Crippen molar-refractivity contribution in [3.8, 4) is 0 Å². The molecule has 0 aromatic rings. The van der Waals surface area contributed by atoms with Crippen molar-refractivity contribution >= 4 is 11.9 Å². The molecular weight excluding hydrogens is 194 g/mol. The maximum Gasteiger partial charge on any atom is 0.328 e. The molecule has 1 N–H and O–H groups in total. The molecule has 0 radical (unpaired) electrons. The maximum absolute atomic E-state index is 11.5. The fraction of sp³-hybridized carbons (Fsp3) is 0.636. The zero-order chi connectivity index (χ0) is 10.7. The second kappa shape index (κ2) is 4.47. The Morgan fingerprint density at radius 2 is 2.40 bits per heavy atom. The van der Waals surface area contributed by atoms with Gasteiger partial charge in [-0.2, -0.15) is 0 Å². The molecule has 1 aliphatic heterocycles. The number of nitrogens with one attached hydrogen (secondary N) is 1. The summed E-state index contributed by atoms with van der Waals surface area (Å²) in [7, 11) is 0. The van der Waals surface area contributed by atoms with E-state index in [2.05, 4.69) is 17.5 Å². The van der Waals surface area contributed by atoms with Crippen LogP contribution in [0.25, 0.3) is 0 Å². The lowest BCUT2D eigenvalue weighted by Crippen LogP contribution is -2.38. The van der Waals surface area contributed by atoms with Gasteiger partial charge in [0.15, 0.2) is 0 Å². The molecule has 0 aromatic carbocycles. The second-order valence-electron chi connectivity index (χ2n) is 4.05. The summed E-state index contributed by atoms with van der Waals surface area (Å²) in [5.41, 5.74) is 0. The van der Waals surface area contributed by atoms with Gasteiger partial charge >= 0.3 is 5.97 Å². The van der Waals surface area contributed by atoms with Crippen molar-refractivity contribution in [2.75, 3.05) is 6.61 Å². The van der Waals surface area contributed by atoms with Crippen LogP contribution in [0.4, 0.5) is 0 Å². The number of carbonyl (C=O) groups excluding carboxylic acids is 2. The number of rotatable bonds is 3. The molecular formula is C11H15NO3. The zero-order valence-corrected chi connectivity index (χ0v) is 8.57. The van der Waals surface area contributed by atoms with E-state index in [4.69, 9.17) is 4.74 Å². The molecule has 4 nitrogen and oxygen atoms in total. The van der Waals surface area contributed by atoms with Crippen LogP contribution >= 0.6 is 0 Å². The summed E-state index contributed by atoms with van der Waals surface area (Å²) in [6.45, 7) is 0.424. The molecule has 2 aliphatic rings. The first kappa shape index (κ1) is 10.2. The summed E-state index contributed by atoms with van der Waals surface area (Å²) in [6, 6.07) is -0.414. The second-order valence-corrected chi connectivity index (χ2v) is 4.05. The standard InChI is InChI=1S/C11H15NO3/c13-10(7-8-3-1-2-4-8)12-9-5-6-15-11(9)14/h1,3,8-9H,2,4-7H2,(H,12,13)/t8?,9-/m0/s1. The normalized spacial score (nSPS) is 29.2. The summed E-state index contributed by atoms with van der Waals surface area (Å²) in [5.74, 6) is 0.00291. The third kappa shape index (κ3) is 2.58. The van der Waals surface area contributed by atoms with Crippen molar-refractivity contribution in [1.82, 2.24) is 5.32 Å². The van der Waals surface area contributed by atoms with E-state index in [-0.39, 0.29) is 11.9 Å². The highest BCUT2D eigenvalue weighted by Gasteiger charge is 2.28. The molecule has 0 bridgehead atoms. The molecule has 2 rings (SSSR count). The molecule has 15 heavy (non-hydrogen) atoms. The van der Waals surface area contributed by atoms with Gasteiger partial charge in [0.05, 0.1) is 6.61 Å². The third-order valence-corrected chi connectivity index (χ3v) is 2.83. The first-order chi connectivity index (χ1) is 7.25. The van der Waals surface area contributed by atoms with Gasteiger partial charge in [-0.15, -0.1) is 0 Å². The Kier molecular flexibility index (Phi) is 3.04. The van der Waals surface area contributed by atoms with Crippen LogP contribution in [0.15, 0.2) is 12.2 Å². The van der Waals surface area contributed by atoms with Crippen molar-refractivity contribution in [2.45, 2.75) is 31.7 Å². The minimum atomic E-state index is -0.414. The first-order valence-electron chi connectivity index (χ1n) is 5.38. The van der Waals surface area contributed by atoms with Crippen molar-refractivity contribution in [3.05, 3.63) is 12.2 Å². The van der Waals surface area contributed by atoms with Crippen LogP contribution in [0.3, 0.4) is 0 Å². The van der Waals surface area contributed by atoms with Crippen LogP contribution in [0.5, 0.6) is 0 Å². The number of carbonyl (C=O) groups is 2. The van der Waals surface area contributed by atoms with E-state index in [1.165, 1.54) is 0 Å². The van der Waals surface area contributed by atoms with Crippen LogP contribution in [0.1, 0.15) is 25.7 Å². The fourth-order valence-corrected chi connectivity index (χ4v) is 1.98. The maximum atomic E-state index is 11.5. The quantitative estimate of drug-likeness (QED) is 0.552. The Morgan fingerprint density at radius 3 is 3.00 bits per heavy atom. The summed E-state index contributed by atoms with van der Waals surface area (Å²) >= 11 is 0. The average molecular weight is 209 g/mol. The van der Waals surface area contributed by atoms with Crippen LogP contribution in [-0.2, 0) is 14.3 Å². The molecule has 1 amide bonds. The van der Waals surface area contributed by atoms with Crippen molar-refractivity contribution in [1.29, 1.82) is 0 Å². The van der Waals surface area contributed by atoms with Gasteiger partial charge in [0.1, 0.15) is 6.04 Å². The van der Waals surface area contributed by atoms with Crippen molar-refractivity contribution in [2.24, 2.45) is 5.92 Å². The molecule has 0 saturated carbocycles. The molecule has 2 atom stereocenters. The first-order valence-corrected chi connectivity index (χ1v) is 5.38. The minimum Gasteiger partial charge on any atom is -0.464 e. The average Bonchev–Trinajstić information content (AvgIpc) is 2.79. The summed E-state index contributed by atoms with van der Waals surface area (Å²) in [4.78, 5) is 22.6. The monoisotopic (exact) mass is 209 g/mol. The SMILES string of the molecule is O=C(CC1C=CCC1)N[C@H]1CCOC1=O. The minimum absolute atomic E-state index is 0.0459. The Labute approximate surface area is 88.7 Å². The molecule has 1 unspecified atom stereocenters. The summed E-state index contributed by atoms with van der Waals surface area (Å²) < 4.78 is 4.77. The Balaban J connectivity index is 1.76. The van der Waals surface area contributed by atoms with Gasteiger partial charge in [0.2, 0.25) is 5.91 Å².